The first-order valence-electron chi connectivity index (χ1n) is 8.07. The molecular weight excluding hydrogens is 366 g/mol. The number of benzene rings is 1. The Bertz CT molecular complexity index is 642. The first-order valence-corrected chi connectivity index (χ1v) is 9.78. The molecule has 2 atom stereocenters. The number of hydrogen-bond acceptors (Lipinski definition) is 5. The SMILES string of the molecule is Cl.NS(=O)(=O)CCCC(=O)N[C@H]1CN(CCO)C[C@@H]1c1ccccc1. The van der Waals surface area contributed by atoms with Crippen molar-refractivity contribution in [2.75, 3.05) is 32.0 Å². The average Bonchev–Trinajstić information content (AvgIpc) is 2.89. The lowest BCUT2D eigenvalue weighted by Crippen LogP contribution is -2.40. The molecule has 0 unspecified atom stereocenters. The number of aliphatic hydroxyl groups is 1. The minimum Gasteiger partial charge on any atom is -0.395 e. The molecule has 25 heavy (non-hydrogen) atoms. The Balaban J connectivity index is 0.00000312. The first-order chi connectivity index (χ1) is 11.4. The summed E-state index contributed by atoms with van der Waals surface area (Å²) in [7, 11) is -3.53. The number of carbonyl (C=O) groups excluding carboxylic acids is 1. The summed E-state index contributed by atoms with van der Waals surface area (Å²) in [5.74, 6) is -0.209. The van der Waals surface area contributed by atoms with E-state index in [0.29, 0.717) is 13.1 Å². The van der Waals surface area contributed by atoms with Crippen LogP contribution in [0.25, 0.3) is 0 Å². The maximum atomic E-state index is 12.1. The molecule has 0 saturated carbocycles. The second kappa shape index (κ2) is 10.1. The summed E-state index contributed by atoms with van der Waals surface area (Å²) in [6, 6.07) is 9.90. The van der Waals surface area contributed by atoms with Gasteiger partial charge in [0.2, 0.25) is 15.9 Å². The zero-order valence-corrected chi connectivity index (χ0v) is 15.6. The lowest BCUT2D eigenvalue weighted by molar-refractivity contribution is -0.121. The van der Waals surface area contributed by atoms with Crippen molar-refractivity contribution < 1.29 is 18.3 Å². The fourth-order valence-corrected chi connectivity index (χ4v) is 3.65. The Kier molecular flexibility index (Phi) is 8.81. The number of primary sulfonamides is 1. The van der Waals surface area contributed by atoms with Crippen LogP contribution in [0.15, 0.2) is 30.3 Å². The van der Waals surface area contributed by atoms with E-state index in [1.807, 2.05) is 30.3 Å². The monoisotopic (exact) mass is 391 g/mol. The van der Waals surface area contributed by atoms with Gasteiger partial charge in [-0.1, -0.05) is 30.3 Å². The number of hydrogen-bond donors (Lipinski definition) is 3. The van der Waals surface area contributed by atoms with Crippen LogP contribution < -0.4 is 10.5 Å². The van der Waals surface area contributed by atoms with Crippen LogP contribution in [0.4, 0.5) is 0 Å². The molecule has 1 aromatic carbocycles. The minimum atomic E-state index is -3.53. The van der Waals surface area contributed by atoms with Gasteiger partial charge in [-0.3, -0.25) is 9.69 Å². The maximum absolute atomic E-state index is 12.1. The second-order valence-corrected chi connectivity index (χ2v) is 7.88. The smallest absolute Gasteiger partial charge is 0.220 e. The van der Waals surface area contributed by atoms with Gasteiger partial charge in [-0.15, -0.1) is 12.4 Å². The van der Waals surface area contributed by atoms with E-state index in [9.17, 15) is 13.2 Å². The number of nitrogens with one attached hydrogen (secondary N) is 1. The van der Waals surface area contributed by atoms with Crippen LogP contribution in [0.5, 0.6) is 0 Å². The van der Waals surface area contributed by atoms with Crippen LogP contribution in [0.3, 0.4) is 0 Å². The molecule has 1 aromatic rings. The van der Waals surface area contributed by atoms with E-state index in [4.69, 9.17) is 10.2 Å². The van der Waals surface area contributed by atoms with Crippen molar-refractivity contribution in [3.8, 4) is 0 Å². The minimum absolute atomic E-state index is 0. The van der Waals surface area contributed by atoms with Crippen LogP contribution in [-0.4, -0.2) is 62.4 Å². The van der Waals surface area contributed by atoms with Crippen LogP contribution >= 0.6 is 12.4 Å². The normalized spacial score (nSPS) is 20.9. The molecule has 142 valence electrons. The summed E-state index contributed by atoms with van der Waals surface area (Å²) in [4.78, 5) is 14.2. The fraction of sp³-hybridized carbons (Fsp3) is 0.562. The molecular formula is C16H26ClN3O4S. The topological polar surface area (TPSA) is 113 Å². The Hall–Kier alpha value is -1.19. The number of amides is 1. The van der Waals surface area contributed by atoms with Crippen LogP contribution in [0, 0.1) is 0 Å². The fourth-order valence-electron chi connectivity index (χ4n) is 3.11. The Morgan fingerprint density at radius 3 is 2.56 bits per heavy atom. The van der Waals surface area contributed by atoms with Crippen molar-refractivity contribution in [1.82, 2.24) is 10.2 Å². The third kappa shape index (κ3) is 7.29. The summed E-state index contributed by atoms with van der Waals surface area (Å²) in [6.07, 6.45) is 0.349. The number of likely N-dealkylation sites (tertiary alicyclic amines) is 1. The molecule has 9 heteroatoms. The van der Waals surface area contributed by atoms with Crippen molar-refractivity contribution in [2.45, 2.75) is 24.8 Å². The molecule has 1 fully saturated rings. The van der Waals surface area contributed by atoms with Crippen molar-refractivity contribution in [1.29, 1.82) is 0 Å². The molecule has 0 radical (unpaired) electrons. The molecule has 0 aromatic heterocycles. The first kappa shape index (κ1) is 21.9. The predicted molar refractivity (Wildman–Crippen MR) is 99.1 cm³/mol. The molecule has 0 aliphatic carbocycles. The van der Waals surface area contributed by atoms with E-state index in [1.54, 1.807) is 0 Å². The van der Waals surface area contributed by atoms with Crippen molar-refractivity contribution >= 4 is 28.3 Å². The van der Waals surface area contributed by atoms with Crippen LogP contribution in [0.2, 0.25) is 0 Å². The molecule has 1 heterocycles. The summed E-state index contributed by atoms with van der Waals surface area (Å²) in [5, 5.41) is 17.1. The van der Waals surface area contributed by atoms with Crippen molar-refractivity contribution in [3.63, 3.8) is 0 Å². The molecule has 1 saturated heterocycles. The van der Waals surface area contributed by atoms with Gasteiger partial charge in [0.25, 0.3) is 0 Å². The van der Waals surface area contributed by atoms with E-state index >= 15 is 0 Å². The Morgan fingerprint density at radius 2 is 1.96 bits per heavy atom. The van der Waals surface area contributed by atoms with Crippen LogP contribution in [0.1, 0.15) is 24.3 Å². The van der Waals surface area contributed by atoms with Gasteiger partial charge in [0.05, 0.1) is 12.4 Å². The number of rotatable bonds is 8. The van der Waals surface area contributed by atoms with Gasteiger partial charge >= 0.3 is 0 Å². The molecule has 1 aliphatic heterocycles. The van der Waals surface area contributed by atoms with Gasteiger partial charge < -0.3 is 10.4 Å². The van der Waals surface area contributed by atoms with Gasteiger partial charge in [-0.2, -0.15) is 0 Å². The molecule has 1 aliphatic rings. The number of aliphatic hydroxyl groups excluding tert-OH is 1. The highest BCUT2D eigenvalue weighted by Gasteiger charge is 2.34. The molecule has 1 amide bonds. The number of sulfonamides is 1. The summed E-state index contributed by atoms with van der Waals surface area (Å²) < 4.78 is 21.8. The molecule has 2 rings (SSSR count). The Morgan fingerprint density at radius 1 is 1.28 bits per heavy atom. The highest BCUT2D eigenvalue weighted by atomic mass is 35.5. The van der Waals surface area contributed by atoms with Gasteiger partial charge in [0, 0.05) is 38.0 Å². The number of nitrogens with two attached hydrogens (primary N) is 1. The van der Waals surface area contributed by atoms with Gasteiger partial charge in [0.1, 0.15) is 0 Å². The summed E-state index contributed by atoms with van der Waals surface area (Å²) in [6.45, 7) is 2.09. The lowest BCUT2D eigenvalue weighted by atomic mass is 9.94. The third-order valence-electron chi connectivity index (χ3n) is 4.22. The quantitative estimate of drug-likeness (QED) is 0.579. The van der Waals surface area contributed by atoms with Crippen molar-refractivity contribution in [3.05, 3.63) is 35.9 Å². The van der Waals surface area contributed by atoms with Crippen LogP contribution in [-0.2, 0) is 14.8 Å². The van der Waals surface area contributed by atoms with E-state index in [-0.39, 0.29) is 55.5 Å². The average molecular weight is 392 g/mol. The maximum Gasteiger partial charge on any atom is 0.220 e. The van der Waals surface area contributed by atoms with E-state index in [2.05, 4.69) is 10.2 Å². The van der Waals surface area contributed by atoms with Crippen molar-refractivity contribution in [2.24, 2.45) is 5.14 Å². The Labute approximate surface area is 155 Å². The molecule has 7 nitrogen and oxygen atoms in total. The van der Waals surface area contributed by atoms with Gasteiger partial charge in [0.15, 0.2) is 0 Å². The number of β-amino-alcohol motifs (C(OH)–C–C–N with tert-alkyl or cyclic N) is 1. The molecule has 4 N–H and O–H groups in total. The van der Waals surface area contributed by atoms with E-state index < -0.39 is 10.0 Å². The summed E-state index contributed by atoms with van der Waals surface area (Å²) >= 11 is 0. The molecule has 0 bridgehead atoms. The molecule has 0 spiro atoms. The van der Waals surface area contributed by atoms with E-state index in [0.717, 1.165) is 12.1 Å². The zero-order chi connectivity index (χ0) is 17.6. The highest BCUT2D eigenvalue weighted by molar-refractivity contribution is 7.89. The number of halogens is 1. The largest absolute Gasteiger partial charge is 0.395 e. The predicted octanol–water partition coefficient (Wildman–Crippen LogP) is 0.0534. The number of carbonyl (C=O) groups is 1. The number of nitrogens with zero attached hydrogens (tertiary/aromatic N) is 1. The highest BCUT2D eigenvalue weighted by Crippen LogP contribution is 2.27. The van der Waals surface area contributed by atoms with E-state index in [1.165, 1.54) is 0 Å². The van der Waals surface area contributed by atoms with Gasteiger partial charge in [-0.05, 0) is 12.0 Å². The lowest BCUT2D eigenvalue weighted by Gasteiger charge is -2.20. The summed E-state index contributed by atoms with van der Waals surface area (Å²) in [5.41, 5.74) is 1.15. The standard InChI is InChI=1S/C16H25N3O4S.ClH/c17-24(22,23)10-4-7-16(21)18-15-12-19(8-9-20)11-14(15)13-5-2-1-3-6-13;/h1-3,5-6,14-15,20H,4,7-12H2,(H,18,21)(H2,17,22,23);1H/t14-,15+;/m1./s1. The zero-order valence-electron chi connectivity index (χ0n) is 14.0. The third-order valence-corrected chi connectivity index (χ3v) is 5.08. The van der Waals surface area contributed by atoms with Gasteiger partial charge in [-0.25, -0.2) is 13.6 Å². The second-order valence-electron chi connectivity index (χ2n) is 6.14.